The van der Waals surface area contributed by atoms with Gasteiger partial charge in [-0.2, -0.15) is 5.10 Å². The van der Waals surface area contributed by atoms with E-state index in [2.05, 4.69) is 31.8 Å². The van der Waals surface area contributed by atoms with Gasteiger partial charge in [-0.25, -0.2) is 0 Å². The number of hydrogen-bond acceptors (Lipinski definition) is 5. The average Bonchev–Trinajstić information content (AvgIpc) is 3.03. The lowest BCUT2D eigenvalue weighted by molar-refractivity contribution is 0.113. The normalized spacial score (nSPS) is 21.3. The summed E-state index contributed by atoms with van der Waals surface area (Å²) in [5, 5.41) is 4.45. The second-order valence-electron chi connectivity index (χ2n) is 6.60. The molecule has 4 heterocycles. The van der Waals surface area contributed by atoms with Crippen LogP contribution in [-0.4, -0.2) is 52.1 Å². The molecule has 0 N–H and O–H groups in total. The summed E-state index contributed by atoms with van der Waals surface area (Å²) in [7, 11) is 0. The Bertz CT molecular complexity index is 713. The lowest BCUT2D eigenvalue weighted by atomic mass is 10.1. The van der Waals surface area contributed by atoms with Crippen molar-refractivity contribution < 1.29 is 9.47 Å². The Balaban J connectivity index is 1.47. The molecule has 6 nitrogen and oxygen atoms in total. The SMILES string of the molecule is C1=C(CN2Cc3ccnn3CC[C@H]2COc2cccnc2)COCC1. The Hall–Kier alpha value is -2.18. The molecule has 0 aromatic carbocycles. The fourth-order valence-electron chi connectivity index (χ4n) is 3.47. The molecule has 6 heteroatoms. The summed E-state index contributed by atoms with van der Waals surface area (Å²) in [5.74, 6) is 0.824. The molecule has 2 aromatic rings. The van der Waals surface area contributed by atoms with Crippen molar-refractivity contribution in [2.24, 2.45) is 0 Å². The molecular weight excluding hydrogens is 316 g/mol. The second-order valence-corrected chi connectivity index (χ2v) is 6.60. The predicted molar refractivity (Wildman–Crippen MR) is 94.3 cm³/mol. The number of fused-ring (bicyclic) bond motifs is 1. The summed E-state index contributed by atoms with van der Waals surface area (Å²) < 4.78 is 13.7. The van der Waals surface area contributed by atoms with E-state index in [1.165, 1.54) is 11.3 Å². The number of nitrogens with zero attached hydrogens (tertiary/aromatic N) is 4. The van der Waals surface area contributed by atoms with Gasteiger partial charge in [0, 0.05) is 38.1 Å². The third-order valence-corrected chi connectivity index (χ3v) is 4.83. The van der Waals surface area contributed by atoms with Gasteiger partial charge in [0.1, 0.15) is 12.4 Å². The Morgan fingerprint density at radius 1 is 1.28 bits per heavy atom. The Kier molecular flexibility index (Phi) is 5.09. The van der Waals surface area contributed by atoms with Gasteiger partial charge >= 0.3 is 0 Å². The molecule has 0 fully saturated rings. The third-order valence-electron chi connectivity index (χ3n) is 4.83. The van der Waals surface area contributed by atoms with Gasteiger partial charge in [0.2, 0.25) is 0 Å². The standard InChI is InChI=1S/C19H24N4O2/c1-4-19(11-20-7-1)25-15-18-6-9-23-17(5-8-21-23)13-22(18)12-16-3-2-10-24-14-16/h1,3-5,7-8,11,18H,2,6,9-10,12-15H2/t18-/m0/s1. The molecule has 0 saturated heterocycles. The number of aromatic nitrogens is 3. The molecule has 1 atom stereocenters. The fraction of sp³-hybridized carbons (Fsp3) is 0.474. The van der Waals surface area contributed by atoms with Crippen LogP contribution in [0.5, 0.6) is 5.75 Å². The van der Waals surface area contributed by atoms with Crippen LogP contribution in [0.2, 0.25) is 0 Å². The summed E-state index contributed by atoms with van der Waals surface area (Å²) in [5.41, 5.74) is 2.63. The van der Waals surface area contributed by atoms with Crippen LogP contribution in [0.25, 0.3) is 0 Å². The lowest BCUT2D eigenvalue weighted by Crippen LogP contribution is -2.40. The minimum atomic E-state index is 0.338. The van der Waals surface area contributed by atoms with Gasteiger partial charge in [0.05, 0.1) is 25.1 Å². The molecule has 0 amide bonds. The lowest BCUT2D eigenvalue weighted by Gasteiger charge is -2.31. The first-order valence-electron chi connectivity index (χ1n) is 8.92. The van der Waals surface area contributed by atoms with Crippen molar-refractivity contribution in [1.29, 1.82) is 0 Å². The van der Waals surface area contributed by atoms with Crippen molar-refractivity contribution in [3.05, 3.63) is 54.1 Å². The third kappa shape index (κ3) is 4.08. The van der Waals surface area contributed by atoms with Crippen LogP contribution < -0.4 is 4.74 Å². The molecule has 2 aliphatic heterocycles. The number of pyridine rings is 1. The van der Waals surface area contributed by atoms with Crippen molar-refractivity contribution in [2.75, 3.05) is 26.4 Å². The van der Waals surface area contributed by atoms with Crippen molar-refractivity contribution in [2.45, 2.75) is 32.0 Å². The molecule has 132 valence electrons. The maximum Gasteiger partial charge on any atom is 0.137 e. The van der Waals surface area contributed by atoms with Gasteiger partial charge in [0.25, 0.3) is 0 Å². The Labute approximate surface area is 148 Å². The van der Waals surface area contributed by atoms with Crippen LogP contribution in [0.1, 0.15) is 18.5 Å². The van der Waals surface area contributed by atoms with Crippen molar-refractivity contribution >= 4 is 0 Å². The fourth-order valence-corrected chi connectivity index (χ4v) is 3.47. The van der Waals surface area contributed by atoms with E-state index in [-0.39, 0.29) is 0 Å². The van der Waals surface area contributed by atoms with E-state index in [0.29, 0.717) is 12.6 Å². The molecule has 0 bridgehead atoms. The predicted octanol–water partition coefficient (Wildman–Crippen LogP) is 2.28. The zero-order valence-electron chi connectivity index (χ0n) is 14.4. The molecule has 2 aliphatic rings. The monoisotopic (exact) mass is 340 g/mol. The zero-order chi connectivity index (χ0) is 16.9. The van der Waals surface area contributed by atoms with Crippen molar-refractivity contribution in [3.8, 4) is 5.75 Å². The van der Waals surface area contributed by atoms with Crippen LogP contribution >= 0.6 is 0 Å². The molecule has 0 spiro atoms. The van der Waals surface area contributed by atoms with Crippen molar-refractivity contribution in [3.63, 3.8) is 0 Å². The minimum Gasteiger partial charge on any atom is -0.490 e. The highest BCUT2D eigenvalue weighted by molar-refractivity contribution is 5.16. The van der Waals surface area contributed by atoms with Crippen LogP contribution in [0.4, 0.5) is 0 Å². The summed E-state index contributed by atoms with van der Waals surface area (Å²) in [6, 6.07) is 6.31. The maximum absolute atomic E-state index is 6.01. The van der Waals surface area contributed by atoms with E-state index in [0.717, 1.165) is 51.4 Å². The molecule has 0 radical (unpaired) electrons. The summed E-state index contributed by atoms with van der Waals surface area (Å²) in [6.45, 7) is 4.97. The molecule has 0 unspecified atom stereocenters. The molecular formula is C19H24N4O2. The Morgan fingerprint density at radius 2 is 2.28 bits per heavy atom. The van der Waals surface area contributed by atoms with E-state index < -0.39 is 0 Å². The zero-order valence-corrected chi connectivity index (χ0v) is 14.4. The van der Waals surface area contributed by atoms with Crippen LogP contribution in [0.15, 0.2) is 48.4 Å². The topological polar surface area (TPSA) is 52.4 Å². The summed E-state index contributed by atoms with van der Waals surface area (Å²) in [6.07, 6.45) is 9.78. The highest BCUT2D eigenvalue weighted by Crippen LogP contribution is 2.21. The first-order valence-corrected chi connectivity index (χ1v) is 8.92. The van der Waals surface area contributed by atoms with Gasteiger partial charge in [-0.15, -0.1) is 0 Å². The minimum absolute atomic E-state index is 0.338. The first kappa shape index (κ1) is 16.3. The van der Waals surface area contributed by atoms with Crippen LogP contribution in [-0.2, 0) is 17.8 Å². The smallest absolute Gasteiger partial charge is 0.137 e. The van der Waals surface area contributed by atoms with Gasteiger partial charge in [-0.3, -0.25) is 14.6 Å². The van der Waals surface area contributed by atoms with E-state index in [9.17, 15) is 0 Å². The number of ether oxygens (including phenoxy) is 2. The Morgan fingerprint density at radius 3 is 3.12 bits per heavy atom. The van der Waals surface area contributed by atoms with Crippen molar-refractivity contribution in [1.82, 2.24) is 19.7 Å². The average molecular weight is 340 g/mol. The molecule has 4 rings (SSSR count). The van der Waals surface area contributed by atoms with Gasteiger partial charge in [-0.05, 0) is 36.6 Å². The molecule has 0 aliphatic carbocycles. The maximum atomic E-state index is 6.01. The van der Waals surface area contributed by atoms with E-state index >= 15 is 0 Å². The molecule has 2 aromatic heterocycles. The summed E-state index contributed by atoms with van der Waals surface area (Å²) >= 11 is 0. The van der Waals surface area contributed by atoms with Gasteiger partial charge in [0.15, 0.2) is 0 Å². The molecule has 0 saturated carbocycles. The van der Waals surface area contributed by atoms with E-state index in [1.807, 2.05) is 18.3 Å². The highest BCUT2D eigenvalue weighted by Gasteiger charge is 2.26. The summed E-state index contributed by atoms with van der Waals surface area (Å²) in [4.78, 5) is 6.62. The molecule has 25 heavy (non-hydrogen) atoms. The van der Waals surface area contributed by atoms with E-state index in [4.69, 9.17) is 9.47 Å². The van der Waals surface area contributed by atoms with Gasteiger partial charge in [-0.1, -0.05) is 6.08 Å². The van der Waals surface area contributed by atoms with Crippen LogP contribution in [0, 0.1) is 0 Å². The second kappa shape index (κ2) is 7.80. The number of rotatable bonds is 5. The number of aryl methyl sites for hydroxylation is 1. The largest absolute Gasteiger partial charge is 0.490 e. The quantitative estimate of drug-likeness (QED) is 0.782. The number of hydrogen-bond donors (Lipinski definition) is 0. The van der Waals surface area contributed by atoms with Crippen LogP contribution in [0.3, 0.4) is 0 Å². The van der Waals surface area contributed by atoms with E-state index in [1.54, 1.807) is 12.4 Å². The van der Waals surface area contributed by atoms with Gasteiger partial charge < -0.3 is 9.47 Å². The first-order chi connectivity index (χ1) is 12.4. The highest BCUT2D eigenvalue weighted by atomic mass is 16.5.